The second-order valence-electron chi connectivity index (χ2n) is 7.66. The van der Waals surface area contributed by atoms with Crippen molar-refractivity contribution in [2.45, 2.75) is 33.5 Å². The van der Waals surface area contributed by atoms with E-state index >= 15 is 0 Å². The van der Waals surface area contributed by atoms with Crippen LogP contribution in [0.25, 0.3) is 16.9 Å². The summed E-state index contributed by atoms with van der Waals surface area (Å²) in [5.41, 5.74) is 4.02. The summed E-state index contributed by atoms with van der Waals surface area (Å²) in [4.78, 5) is 6.60. The Morgan fingerprint density at radius 3 is 2.61 bits per heavy atom. The van der Waals surface area contributed by atoms with Crippen molar-refractivity contribution in [3.8, 4) is 16.9 Å². The highest BCUT2D eigenvalue weighted by atomic mass is 19.1. The Kier molecular flexibility index (Phi) is 5.95. The summed E-state index contributed by atoms with van der Waals surface area (Å²) in [6, 6.07) is 11.5. The number of halogens is 2. The van der Waals surface area contributed by atoms with Gasteiger partial charge in [-0.05, 0) is 38.6 Å². The van der Waals surface area contributed by atoms with E-state index < -0.39 is 11.6 Å². The Hall–Kier alpha value is -3.32. The molecule has 0 saturated carbocycles. The predicted octanol–water partition coefficient (Wildman–Crippen LogP) is 4.97. The molecule has 4 aromatic rings. The highest BCUT2D eigenvalue weighted by Gasteiger charge is 2.18. The van der Waals surface area contributed by atoms with Gasteiger partial charge in [0.2, 0.25) is 0 Å². The first-order valence-electron chi connectivity index (χ1n) is 10.2. The van der Waals surface area contributed by atoms with Crippen molar-refractivity contribution in [1.82, 2.24) is 24.2 Å². The van der Waals surface area contributed by atoms with Crippen molar-refractivity contribution in [1.29, 1.82) is 0 Å². The Bertz CT molecular complexity index is 1190. The lowest BCUT2D eigenvalue weighted by Gasteiger charge is -2.17. The fraction of sp³-hybridized carbons (Fsp3) is 0.250. The van der Waals surface area contributed by atoms with Crippen molar-refractivity contribution in [3.05, 3.63) is 89.6 Å². The van der Waals surface area contributed by atoms with Crippen LogP contribution in [0.3, 0.4) is 0 Å². The molecule has 0 unspecified atom stereocenters. The van der Waals surface area contributed by atoms with E-state index in [0.29, 0.717) is 13.1 Å². The van der Waals surface area contributed by atoms with Gasteiger partial charge in [-0.15, -0.1) is 0 Å². The van der Waals surface area contributed by atoms with Crippen molar-refractivity contribution in [2.24, 2.45) is 0 Å². The maximum atomic E-state index is 14.4. The maximum Gasteiger partial charge on any atom is 0.151 e. The van der Waals surface area contributed by atoms with Gasteiger partial charge in [-0.1, -0.05) is 24.3 Å². The zero-order valence-electron chi connectivity index (χ0n) is 17.9. The number of rotatable bonds is 7. The molecule has 0 aliphatic heterocycles. The van der Waals surface area contributed by atoms with E-state index in [-0.39, 0.29) is 5.69 Å². The third kappa shape index (κ3) is 4.41. The van der Waals surface area contributed by atoms with Crippen LogP contribution in [0.15, 0.2) is 61.1 Å². The van der Waals surface area contributed by atoms with E-state index in [2.05, 4.69) is 21.4 Å². The summed E-state index contributed by atoms with van der Waals surface area (Å²) < 4.78 is 31.4. The summed E-state index contributed by atoms with van der Waals surface area (Å²) in [7, 11) is 2.02. The zero-order chi connectivity index (χ0) is 22.0. The van der Waals surface area contributed by atoms with Gasteiger partial charge < -0.3 is 4.57 Å². The van der Waals surface area contributed by atoms with E-state index in [4.69, 9.17) is 5.10 Å². The Labute approximate surface area is 180 Å². The van der Waals surface area contributed by atoms with Gasteiger partial charge in [-0.25, -0.2) is 18.4 Å². The van der Waals surface area contributed by atoms with Crippen LogP contribution >= 0.6 is 0 Å². The molecule has 0 aliphatic carbocycles. The monoisotopic (exact) mass is 421 g/mol. The fourth-order valence-corrected chi connectivity index (χ4v) is 3.75. The minimum absolute atomic E-state index is 0.215. The average Bonchev–Trinajstić information content (AvgIpc) is 3.35. The molecule has 2 heterocycles. The molecule has 4 rings (SSSR count). The van der Waals surface area contributed by atoms with Crippen LogP contribution in [0.5, 0.6) is 0 Å². The molecule has 0 N–H and O–H groups in total. The molecule has 0 amide bonds. The lowest BCUT2D eigenvalue weighted by molar-refractivity contribution is 0.306. The molecule has 0 spiro atoms. The van der Waals surface area contributed by atoms with Crippen molar-refractivity contribution in [3.63, 3.8) is 0 Å². The molecule has 0 radical (unpaired) electrons. The quantitative estimate of drug-likeness (QED) is 0.423. The minimum atomic E-state index is -0.649. The van der Waals surface area contributed by atoms with E-state index in [9.17, 15) is 8.78 Å². The first-order chi connectivity index (χ1) is 15.0. The lowest BCUT2D eigenvalue weighted by atomic mass is 10.0. The van der Waals surface area contributed by atoms with Crippen molar-refractivity contribution < 1.29 is 8.78 Å². The third-order valence-electron chi connectivity index (χ3n) is 5.34. The molecule has 0 aliphatic rings. The Morgan fingerprint density at radius 2 is 1.87 bits per heavy atom. The van der Waals surface area contributed by atoms with Crippen LogP contribution in [0, 0.1) is 18.6 Å². The van der Waals surface area contributed by atoms with Gasteiger partial charge in [0.25, 0.3) is 0 Å². The first-order valence-corrected chi connectivity index (χ1v) is 10.2. The van der Waals surface area contributed by atoms with Crippen LogP contribution in [-0.4, -0.2) is 31.3 Å². The zero-order valence-corrected chi connectivity index (χ0v) is 17.9. The summed E-state index contributed by atoms with van der Waals surface area (Å²) in [5, 5.41) is 4.69. The second-order valence-corrected chi connectivity index (χ2v) is 7.66. The predicted molar refractivity (Wildman–Crippen MR) is 117 cm³/mol. The van der Waals surface area contributed by atoms with E-state index in [1.807, 2.05) is 50.6 Å². The maximum absolute atomic E-state index is 14.4. The van der Waals surface area contributed by atoms with Crippen molar-refractivity contribution >= 4 is 0 Å². The van der Waals surface area contributed by atoms with E-state index in [1.54, 1.807) is 6.20 Å². The van der Waals surface area contributed by atoms with Crippen molar-refractivity contribution in [2.75, 3.05) is 7.05 Å². The molecule has 7 heteroatoms. The number of aromatic nitrogens is 4. The normalized spacial score (nSPS) is 11.4. The van der Waals surface area contributed by atoms with Crippen LogP contribution in [0.2, 0.25) is 0 Å². The summed E-state index contributed by atoms with van der Waals surface area (Å²) in [6.07, 6.45) is 5.60. The molecular formula is C24H25F2N5. The van der Waals surface area contributed by atoms with Gasteiger partial charge in [0.05, 0.1) is 12.2 Å². The lowest BCUT2D eigenvalue weighted by Crippen LogP contribution is -2.20. The van der Waals surface area contributed by atoms with Crippen LogP contribution in [0.4, 0.5) is 8.78 Å². The number of nitrogens with zero attached hydrogens (tertiary/aromatic N) is 5. The molecular weight excluding hydrogens is 396 g/mol. The topological polar surface area (TPSA) is 38.9 Å². The number of hydrogen-bond donors (Lipinski definition) is 0. The number of aryl methyl sites for hydroxylation is 2. The van der Waals surface area contributed by atoms with Gasteiger partial charge >= 0.3 is 0 Å². The second kappa shape index (κ2) is 8.81. The van der Waals surface area contributed by atoms with Gasteiger partial charge in [0, 0.05) is 48.9 Å². The molecule has 160 valence electrons. The first kappa shape index (κ1) is 20.9. The van der Waals surface area contributed by atoms with Crippen LogP contribution in [-0.2, 0) is 19.6 Å². The summed E-state index contributed by atoms with van der Waals surface area (Å²) in [5.74, 6) is -0.276. The Balaban J connectivity index is 1.71. The molecule has 0 fully saturated rings. The van der Waals surface area contributed by atoms with E-state index in [0.717, 1.165) is 40.8 Å². The number of hydrogen-bond acceptors (Lipinski definition) is 3. The Morgan fingerprint density at radius 1 is 1.06 bits per heavy atom. The third-order valence-corrected chi connectivity index (χ3v) is 5.34. The molecule has 31 heavy (non-hydrogen) atoms. The van der Waals surface area contributed by atoms with Gasteiger partial charge in [0.15, 0.2) is 5.82 Å². The molecule has 2 aromatic carbocycles. The number of benzene rings is 2. The van der Waals surface area contributed by atoms with E-state index in [1.165, 1.54) is 16.8 Å². The smallest absolute Gasteiger partial charge is 0.151 e. The van der Waals surface area contributed by atoms with Gasteiger partial charge in [0.1, 0.15) is 17.3 Å². The van der Waals surface area contributed by atoms with Crippen LogP contribution < -0.4 is 0 Å². The highest BCUT2D eigenvalue weighted by molar-refractivity contribution is 5.66. The summed E-state index contributed by atoms with van der Waals surface area (Å²) in [6.45, 7) is 6.24. The molecule has 0 atom stereocenters. The fourth-order valence-electron chi connectivity index (χ4n) is 3.75. The average molecular weight is 421 g/mol. The number of imidazole rings is 1. The SMILES string of the molecule is CCn1ccnc1CN(C)Cc1cn(-c2ccc(F)cc2F)nc1-c1ccccc1C. The summed E-state index contributed by atoms with van der Waals surface area (Å²) >= 11 is 0. The molecule has 0 saturated heterocycles. The molecule has 5 nitrogen and oxygen atoms in total. The van der Waals surface area contributed by atoms with Crippen LogP contribution in [0.1, 0.15) is 23.9 Å². The molecule has 0 bridgehead atoms. The minimum Gasteiger partial charge on any atom is -0.334 e. The standard InChI is InChI=1S/C24H25F2N5/c1-4-30-12-11-27-23(30)16-29(3)14-18-15-31(22-10-9-19(25)13-21(22)26)28-24(18)20-8-6-5-7-17(20)2/h5-13,15H,4,14,16H2,1-3H3. The largest absolute Gasteiger partial charge is 0.334 e. The highest BCUT2D eigenvalue weighted by Crippen LogP contribution is 2.28. The van der Waals surface area contributed by atoms with Gasteiger partial charge in [-0.3, -0.25) is 4.90 Å². The van der Waals surface area contributed by atoms with Gasteiger partial charge in [-0.2, -0.15) is 5.10 Å². The molecule has 2 aromatic heterocycles.